The van der Waals surface area contributed by atoms with Crippen LogP contribution >= 0.6 is 0 Å². The fraction of sp³-hybridized carbons (Fsp3) is 0.500. The lowest BCUT2D eigenvalue weighted by Crippen LogP contribution is -2.16. The lowest BCUT2D eigenvalue weighted by molar-refractivity contribution is -0.148. The molecule has 0 bridgehead atoms. The normalized spacial score (nSPS) is 11.3. The van der Waals surface area contributed by atoms with Crippen molar-refractivity contribution in [2.24, 2.45) is 5.92 Å². The summed E-state index contributed by atoms with van der Waals surface area (Å²) >= 11 is 0. The lowest BCUT2D eigenvalue weighted by Gasteiger charge is -2.09. The van der Waals surface area contributed by atoms with E-state index in [0.717, 1.165) is 17.5 Å². The van der Waals surface area contributed by atoms with E-state index in [-0.39, 0.29) is 26.7 Å². The highest BCUT2D eigenvalue weighted by molar-refractivity contribution is 5.75. The SMILES string of the molecule is C.C.CCC(C)C(=O)OCCn1cnc2ccccc21. The number of hydrogen-bond donors (Lipinski definition) is 0. The van der Waals surface area contributed by atoms with Gasteiger partial charge in [-0.05, 0) is 18.6 Å². The van der Waals surface area contributed by atoms with Crippen LogP contribution in [0, 0.1) is 5.92 Å². The first-order valence-corrected chi connectivity index (χ1v) is 6.29. The molecule has 0 aliphatic carbocycles. The van der Waals surface area contributed by atoms with Gasteiger partial charge in [-0.15, -0.1) is 0 Å². The topological polar surface area (TPSA) is 44.1 Å². The standard InChI is InChI=1S/C14H18N2O2.2CH4/c1-3-11(2)14(17)18-9-8-16-10-15-12-6-4-5-7-13(12)16;;/h4-7,10-11H,3,8-9H2,1-2H3;2*1H4. The number of carbonyl (C=O) groups is 1. The number of para-hydroxylation sites is 2. The number of carbonyl (C=O) groups excluding carboxylic acids is 1. The Labute approximate surface area is 121 Å². The average molecular weight is 278 g/mol. The Kier molecular flexibility index (Phi) is 7.59. The second-order valence-electron chi connectivity index (χ2n) is 4.40. The third-order valence-electron chi connectivity index (χ3n) is 3.12. The number of nitrogens with zero attached hydrogens (tertiary/aromatic N) is 2. The van der Waals surface area contributed by atoms with Crippen LogP contribution in [-0.2, 0) is 16.1 Å². The third-order valence-corrected chi connectivity index (χ3v) is 3.12. The van der Waals surface area contributed by atoms with Crippen molar-refractivity contribution in [3.05, 3.63) is 30.6 Å². The summed E-state index contributed by atoms with van der Waals surface area (Å²) in [6.07, 6.45) is 2.59. The molecule has 0 saturated heterocycles. The summed E-state index contributed by atoms with van der Waals surface area (Å²) < 4.78 is 7.23. The molecule has 0 aliphatic rings. The minimum atomic E-state index is -0.123. The number of esters is 1. The maximum absolute atomic E-state index is 11.5. The Bertz CT molecular complexity index is 534. The van der Waals surface area contributed by atoms with Gasteiger partial charge in [-0.3, -0.25) is 4.79 Å². The summed E-state index contributed by atoms with van der Waals surface area (Å²) in [5.41, 5.74) is 2.03. The van der Waals surface area contributed by atoms with Crippen LogP contribution in [0.4, 0.5) is 0 Å². The van der Waals surface area contributed by atoms with Crippen LogP contribution in [0.5, 0.6) is 0 Å². The molecular formula is C16H26N2O2. The number of aromatic nitrogens is 2. The van der Waals surface area contributed by atoms with E-state index in [9.17, 15) is 4.79 Å². The van der Waals surface area contributed by atoms with Gasteiger partial charge in [-0.25, -0.2) is 4.98 Å². The molecule has 0 N–H and O–H groups in total. The van der Waals surface area contributed by atoms with Crippen molar-refractivity contribution in [2.75, 3.05) is 6.61 Å². The van der Waals surface area contributed by atoms with Gasteiger partial charge in [0, 0.05) is 0 Å². The highest BCUT2D eigenvalue weighted by atomic mass is 16.5. The number of rotatable bonds is 5. The molecule has 2 aromatic rings. The summed E-state index contributed by atoms with van der Waals surface area (Å²) in [5, 5.41) is 0. The molecule has 1 unspecified atom stereocenters. The van der Waals surface area contributed by atoms with Crippen LogP contribution in [-0.4, -0.2) is 22.1 Å². The van der Waals surface area contributed by atoms with Gasteiger partial charge >= 0.3 is 5.97 Å². The van der Waals surface area contributed by atoms with Crippen LogP contribution in [0.3, 0.4) is 0 Å². The Morgan fingerprint density at radius 2 is 2.05 bits per heavy atom. The van der Waals surface area contributed by atoms with E-state index < -0.39 is 0 Å². The molecule has 0 amide bonds. The fourth-order valence-electron chi connectivity index (χ4n) is 1.74. The van der Waals surface area contributed by atoms with E-state index >= 15 is 0 Å². The van der Waals surface area contributed by atoms with Crippen LogP contribution in [0.15, 0.2) is 30.6 Å². The maximum Gasteiger partial charge on any atom is 0.308 e. The van der Waals surface area contributed by atoms with Crippen molar-refractivity contribution in [3.63, 3.8) is 0 Å². The van der Waals surface area contributed by atoms with Gasteiger partial charge in [-0.1, -0.05) is 40.8 Å². The van der Waals surface area contributed by atoms with Crippen LogP contribution in [0.1, 0.15) is 35.1 Å². The predicted molar refractivity (Wildman–Crippen MR) is 83.6 cm³/mol. The zero-order chi connectivity index (χ0) is 13.0. The molecule has 20 heavy (non-hydrogen) atoms. The Hall–Kier alpha value is -1.84. The summed E-state index contributed by atoms with van der Waals surface area (Å²) in [6, 6.07) is 7.92. The van der Waals surface area contributed by atoms with Crippen molar-refractivity contribution >= 4 is 17.0 Å². The van der Waals surface area contributed by atoms with Crippen molar-refractivity contribution in [1.82, 2.24) is 9.55 Å². The van der Waals surface area contributed by atoms with E-state index in [0.29, 0.717) is 13.2 Å². The summed E-state index contributed by atoms with van der Waals surface area (Å²) in [6.45, 7) is 4.90. The van der Waals surface area contributed by atoms with Crippen molar-refractivity contribution in [2.45, 2.75) is 41.7 Å². The van der Waals surface area contributed by atoms with Crippen molar-refractivity contribution < 1.29 is 9.53 Å². The second-order valence-corrected chi connectivity index (χ2v) is 4.40. The largest absolute Gasteiger partial charge is 0.464 e. The third kappa shape index (κ3) is 4.08. The molecule has 0 saturated carbocycles. The molecule has 112 valence electrons. The fourth-order valence-corrected chi connectivity index (χ4v) is 1.74. The second kappa shape index (κ2) is 8.35. The quantitative estimate of drug-likeness (QED) is 0.779. The molecule has 4 nitrogen and oxygen atoms in total. The monoisotopic (exact) mass is 278 g/mol. The molecule has 2 rings (SSSR count). The summed E-state index contributed by atoms with van der Waals surface area (Å²) in [4.78, 5) is 15.8. The summed E-state index contributed by atoms with van der Waals surface area (Å²) in [5.74, 6) is -0.147. The molecule has 1 heterocycles. The van der Waals surface area contributed by atoms with Crippen LogP contribution < -0.4 is 0 Å². The van der Waals surface area contributed by atoms with Gasteiger partial charge in [0.2, 0.25) is 0 Å². The first-order chi connectivity index (χ1) is 8.72. The minimum Gasteiger partial charge on any atom is -0.464 e. The smallest absolute Gasteiger partial charge is 0.308 e. The molecule has 1 atom stereocenters. The predicted octanol–water partition coefficient (Wildman–Crippen LogP) is 3.90. The highest BCUT2D eigenvalue weighted by Gasteiger charge is 2.11. The van der Waals surface area contributed by atoms with Crippen LogP contribution in [0.2, 0.25) is 0 Å². The molecule has 0 aliphatic heterocycles. The first-order valence-electron chi connectivity index (χ1n) is 6.29. The van der Waals surface area contributed by atoms with Gasteiger partial charge in [0.25, 0.3) is 0 Å². The molecule has 0 radical (unpaired) electrons. The van der Waals surface area contributed by atoms with Crippen molar-refractivity contribution in [1.29, 1.82) is 0 Å². The Balaban J connectivity index is 0.00000180. The maximum atomic E-state index is 11.5. The minimum absolute atomic E-state index is 0. The van der Waals surface area contributed by atoms with E-state index in [1.807, 2.05) is 42.7 Å². The molecule has 4 heteroatoms. The zero-order valence-corrected chi connectivity index (χ0v) is 10.8. The number of ether oxygens (including phenoxy) is 1. The number of benzene rings is 1. The van der Waals surface area contributed by atoms with Gasteiger partial charge < -0.3 is 9.30 Å². The van der Waals surface area contributed by atoms with Crippen LogP contribution in [0.25, 0.3) is 11.0 Å². The molecule has 1 aromatic carbocycles. The Morgan fingerprint density at radius 1 is 1.35 bits per heavy atom. The van der Waals surface area contributed by atoms with Crippen molar-refractivity contribution in [3.8, 4) is 0 Å². The number of imidazole rings is 1. The zero-order valence-electron chi connectivity index (χ0n) is 10.8. The number of fused-ring (bicyclic) bond motifs is 1. The highest BCUT2D eigenvalue weighted by Crippen LogP contribution is 2.11. The van der Waals surface area contributed by atoms with Gasteiger partial charge in [0.15, 0.2) is 0 Å². The van der Waals surface area contributed by atoms with E-state index in [1.54, 1.807) is 6.33 Å². The van der Waals surface area contributed by atoms with E-state index in [1.165, 1.54) is 0 Å². The molecule has 0 spiro atoms. The molecule has 1 aromatic heterocycles. The Morgan fingerprint density at radius 3 is 2.75 bits per heavy atom. The summed E-state index contributed by atoms with van der Waals surface area (Å²) in [7, 11) is 0. The molecular weight excluding hydrogens is 252 g/mol. The van der Waals surface area contributed by atoms with Gasteiger partial charge in [0.1, 0.15) is 6.61 Å². The van der Waals surface area contributed by atoms with Gasteiger partial charge in [0.05, 0.1) is 29.8 Å². The van der Waals surface area contributed by atoms with E-state index in [2.05, 4.69) is 4.98 Å². The van der Waals surface area contributed by atoms with Gasteiger partial charge in [-0.2, -0.15) is 0 Å². The number of hydrogen-bond acceptors (Lipinski definition) is 3. The molecule has 0 fully saturated rings. The first kappa shape index (κ1) is 18.2. The lowest BCUT2D eigenvalue weighted by atomic mass is 10.1. The average Bonchev–Trinajstić information content (AvgIpc) is 2.81. The van der Waals surface area contributed by atoms with E-state index in [4.69, 9.17) is 4.74 Å².